The van der Waals surface area contributed by atoms with E-state index in [-0.39, 0.29) is 47.2 Å². The van der Waals surface area contributed by atoms with Gasteiger partial charge in [0.15, 0.2) is 6.29 Å². The molecule has 4 saturated carbocycles. The van der Waals surface area contributed by atoms with Crippen LogP contribution in [0, 0.1) is 50.2 Å². The molecule has 254 valence electrons. The fraction of sp³-hybridized carbons (Fsp3) is 0.886. The van der Waals surface area contributed by atoms with E-state index in [0.717, 1.165) is 37.7 Å². The molecule has 0 aromatic heterocycles. The summed E-state index contributed by atoms with van der Waals surface area (Å²) >= 11 is 0. The molecular formula is C35H54O10. The smallest absolute Gasteiger partial charge is 0.310 e. The molecule has 1 heterocycles. The SMILES string of the molecule is C[C@@]1(C(=O)O)CC[C@]2(C(=O)O)CC[C@]3(C)C(=CC[C@@H]4[C@@]5(C)CC[C@H](O[C@@H]6OC[C@@H](O)[C@H](O)[C@H]6O)[C@@](C)(CO)C5CC[C@]43C)[C@H]2C1. The molecule has 10 heteroatoms. The van der Waals surface area contributed by atoms with E-state index in [4.69, 9.17) is 9.47 Å². The topological polar surface area (TPSA) is 174 Å². The van der Waals surface area contributed by atoms with Crippen molar-refractivity contribution in [1.82, 2.24) is 0 Å². The summed E-state index contributed by atoms with van der Waals surface area (Å²) in [6, 6.07) is 0. The van der Waals surface area contributed by atoms with E-state index in [9.17, 15) is 40.2 Å². The lowest BCUT2D eigenvalue weighted by molar-refractivity contribution is -0.312. The summed E-state index contributed by atoms with van der Waals surface area (Å²) in [4.78, 5) is 25.3. The first kappa shape index (κ1) is 33.3. The lowest BCUT2D eigenvalue weighted by atomic mass is 9.33. The van der Waals surface area contributed by atoms with Crippen LogP contribution in [0.2, 0.25) is 0 Å². The van der Waals surface area contributed by atoms with Crippen molar-refractivity contribution in [1.29, 1.82) is 0 Å². The first-order valence-electron chi connectivity index (χ1n) is 17.0. The van der Waals surface area contributed by atoms with Gasteiger partial charge in [0.25, 0.3) is 0 Å². The molecule has 0 radical (unpaired) electrons. The van der Waals surface area contributed by atoms with Crippen molar-refractivity contribution < 1.29 is 49.7 Å². The monoisotopic (exact) mass is 634 g/mol. The third-order valence-electron chi connectivity index (χ3n) is 15.2. The number of aliphatic carboxylic acids is 2. The maximum atomic E-state index is 12.9. The van der Waals surface area contributed by atoms with Gasteiger partial charge in [-0.1, -0.05) is 39.3 Å². The molecule has 0 aromatic rings. The zero-order chi connectivity index (χ0) is 33.0. The molecule has 6 rings (SSSR count). The number of aliphatic hydroxyl groups is 4. The molecule has 6 N–H and O–H groups in total. The van der Waals surface area contributed by atoms with Crippen LogP contribution in [0.3, 0.4) is 0 Å². The maximum absolute atomic E-state index is 12.9. The summed E-state index contributed by atoms with van der Waals surface area (Å²) in [5, 5.41) is 62.5. The van der Waals surface area contributed by atoms with Crippen LogP contribution in [-0.4, -0.2) is 86.5 Å². The Labute approximate surface area is 266 Å². The number of hydrogen-bond acceptors (Lipinski definition) is 8. The molecule has 5 fully saturated rings. The van der Waals surface area contributed by atoms with E-state index >= 15 is 0 Å². The van der Waals surface area contributed by atoms with Crippen molar-refractivity contribution >= 4 is 11.9 Å². The second-order valence-electron chi connectivity index (χ2n) is 17.0. The minimum Gasteiger partial charge on any atom is -0.481 e. The minimum atomic E-state index is -1.39. The first-order chi connectivity index (χ1) is 20.9. The Kier molecular flexibility index (Phi) is 7.95. The summed E-state index contributed by atoms with van der Waals surface area (Å²) in [7, 11) is 0. The van der Waals surface area contributed by atoms with Crippen molar-refractivity contribution in [3.63, 3.8) is 0 Å². The second-order valence-corrected chi connectivity index (χ2v) is 17.0. The molecular weight excluding hydrogens is 580 g/mol. The van der Waals surface area contributed by atoms with Crippen molar-refractivity contribution in [2.75, 3.05) is 13.2 Å². The van der Waals surface area contributed by atoms with Crippen molar-refractivity contribution in [3.8, 4) is 0 Å². The molecule has 1 unspecified atom stereocenters. The van der Waals surface area contributed by atoms with Gasteiger partial charge in [0.1, 0.15) is 18.3 Å². The van der Waals surface area contributed by atoms with Crippen molar-refractivity contribution in [2.24, 2.45) is 50.2 Å². The number of aliphatic hydroxyl groups excluding tert-OH is 4. The molecule has 10 nitrogen and oxygen atoms in total. The van der Waals surface area contributed by atoms with Crippen LogP contribution in [-0.2, 0) is 19.1 Å². The standard InChI is InChI=1S/C35H54O10/c1-30(28(40)41)12-14-35(29(42)43)15-13-33(4)19(20(35)16-30)6-7-23-31(2)10-9-24(45-27-26(39)25(38)21(37)17-44-27)32(3,18-36)22(31)8-11-34(23,33)5/h6,20-27,36-39H,7-18H2,1-5H3,(H,40,41)(H,42,43)/t20-,21-,22?,23-,24+,25+,26-,27+,30-,31+,32+,33-,34-,35+/m1/s1. The highest BCUT2D eigenvalue weighted by atomic mass is 16.7. The van der Waals surface area contributed by atoms with Gasteiger partial charge in [0.05, 0.1) is 30.1 Å². The van der Waals surface area contributed by atoms with Gasteiger partial charge >= 0.3 is 11.9 Å². The molecule has 0 spiro atoms. The second kappa shape index (κ2) is 10.7. The predicted molar refractivity (Wildman–Crippen MR) is 163 cm³/mol. The average Bonchev–Trinajstić information content (AvgIpc) is 2.98. The van der Waals surface area contributed by atoms with Gasteiger partial charge in [-0.2, -0.15) is 0 Å². The van der Waals surface area contributed by atoms with E-state index < -0.39 is 58.9 Å². The van der Waals surface area contributed by atoms with E-state index in [2.05, 4.69) is 33.8 Å². The lowest BCUT2D eigenvalue weighted by Gasteiger charge is -2.71. The van der Waals surface area contributed by atoms with Gasteiger partial charge in [-0.05, 0) is 105 Å². The number of carboxylic acid groups (broad SMARTS) is 2. The number of carbonyl (C=O) groups is 2. The highest BCUT2D eigenvalue weighted by molar-refractivity contribution is 5.79. The lowest BCUT2D eigenvalue weighted by Crippen LogP contribution is -2.66. The molecule has 45 heavy (non-hydrogen) atoms. The summed E-state index contributed by atoms with van der Waals surface area (Å²) < 4.78 is 11.9. The fourth-order valence-electron chi connectivity index (χ4n) is 11.9. The number of allylic oxidation sites excluding steroid dienone is 2. The van der Waals surface area contributed by atoms with Gasteiger partial charge in [-0.25, -0.2) is 0 Å². The highest BCUT2D eigenvalue weighted by Gasteiger charge is 2.70. The molecule has 6 aliphatic rings. The quantitative estimate of drug-likeness (QED) is 0.193. The van der Waals surface area contributed by atoms with Crippen molar-refractivity contribution in [2.45, 2.75) is 130 Å². The molecule has 0 amide bonds. The van der Waals surface area contributed by atoms with Crippen LogP contribution < -0.4 is 0 Å². The fourth-order valence-corrected chi connectivity index (χ4v) is 11.9. The van der Waals surface area contributed by atoms with E-state index in [0.29, 0.717) is 32.1 Å². The maximum Gasteiger partial charge on any atom is 0.310 e. The zero-order valence-electron chi connectivity index (χ0n) is 27.5. The van der Waals surface area contributed by atoms with Crippen LogP contribution in [0.1, 0.15) is 98.8 Å². The van der Waals surface area contributed by atoms with Gasteiger partial charge < -0.3 is 40.1 Å². The van der Waals surface area contributed by atoms with Gasteiger partial charge in [-0.15, -0.1) is 0 Å². The molecule has 5 aliphatic carbocycles. The Bertz CT molecular complexity index is 1250. The number of carboxylic acids is 2. The summed E-state index contributed by atoms with van der Waals surface area (Å²) in [5.41, 5.74) is -1.92. The van der Waals surface area contributed by atoms with Gasteiger partial charge in [-0.3, -0.25) is 9.59 Å². The largest absolute Gasteiger partial charge is 0.481 e. The van der Waals surface area contributed by atoms with Gasteiger partial charge in [0.2, 0.25) is 0 Å². The number of rotatable bonds is 5. The van der Waals surface area contributed by atoms with Gasteiger partial charge in [0, 0.05) is 5.41 Å². The Morgan fingerprint density at radius 2 is 1.58 bits per heavy atom. The van der Waals surface area contributed by atoms with Crippen molar-refractivity contribution in [3.05, 3.63) is 11.6 Å². The number of fused-ring (bicyclic) bond motifs is 7. The number of ether oxygens (including phenoxy) is 2. The molecule has 1 aliphatic heterocycles. The third kappa shape index (κ3) is 4.41. The van der Waals surface area contributed by atoms with Crippen LogP contribution >= 0.6 is 0 Å². The highest BCUT2D eigenvalue weighted by Crippen LogP contribution is 2.76. The van der Waals surface area contributed by atoms with E-state index in [1.165, 1.54) is 0 Å². The molecule has 0 bridgehead atoms. The van der Waals surface area contributed by atoms with Crippen LogP contribution in [0.5, 0.6) is 0 Å². The zero-order valence-corrected chi connectivity index (χ0v) is 27.5. The molecule has 14 atom stereocenters. The van der Waals surface area contributed by atoms with E-state index in [1.54, 1.807) is 6.92 Å². The Morgan fingerprint density at radius 1 is 0.889 bits per heavy atom. The normalized spacial score (nSPS) is 54.5. The van der Waals surface area contributed by atoms with E-state index in [1.807, 2.05) is 0 Å². The summed E-state index contributed by atoms with van der Waals surface area (Å²) in [5.74, 6) is -1.58. The summed E-state index contributed by atoms with van der Waals surface area (Å²) in [6.45, 7) is 10.6. The summed E-state index contributed by atoms with van der Waals surface area (Å²) in [6.07, 6.45) is 3.24. The average molecular weight is 635 g/mol. The van der Waals surface area contributed by atoms with Crippen LogP contribution in [0.15, 0.2) is 11.6 Å². The van der Waals surface area contributed by atoms with Crippen LogP contribution in [0.4, 0.5) is 0 Å². The predicted octanol–water partition coefficient (Wildman–Crippen LogP) is 3.73. The minimum absolute atomic E-state index is 0.105. The Hall–Kier alpha value is -1.56. The molecule has 1 saturated heterocycles. The molecule has 0 aromatic carbocycles. The number of hydrogen-bond donors (Lipinski definition) is 6. The Balaban J connectivity index is 1.33. The van der Waals surface area contributed by atoms with Crippen LogP contribution in [0.25, 0.3) is 0 Å². The Morgan fingerprint density at radius 3 is 2.22 bits per heavy atom. The first-order valence-corrected chi connectivity index (χ1v) is 17.0. The third-order valence-corrected chi connectivity index (χ3v) is 15.2.